The Balaban J connectivity index is 1.79. The predicted molar refractivity (Wildman–Crippen MR) is 87.7 cm³/mol. The minimum atomic E-state index is -0.165. The molecule has 1 aromatic rings. The summed E-state index contributed by atoms with van der Waals surface area (Å²) < 4.78 is 0. The van der Waals surface area contributed by atoms with E-state index in [1.165, 1.54) is 6.42 Å². The SMILES string of the molecule is CC1CCCCC1NC(=O)CO/N=C(/N)c1cccc(Cl)c1. The summed E-state index contributed by atoms with van der Waals surface area (Å²) in [5, 5.41) is 7.33. The molecule has 1 aromatic carbocycles. The monoisotopic (exact) mass is 323 g/mol. The van der Waals surface area contributed by atoms with Crippen LogP contribution in [0.1, 0.15) is 38.2 Å². The van der Waals surface area contributed by atoms with Crippen LogP contribution in [0.5, 0.6) is 0 Å². The lowest BCUT2D eigenvalue weighted by atomic mass is 9.86. The van der Waals surface area contributed by atoms with Crippen molar-refractivity contribution in [2.24, 2.45) is 16.8 Å². The second-order valence-corrected chi connectivity index (χ2v) is 6.13. The fourth-order valence-corrected chi connectivity index (χ4v) is 2.83. The highest BCUT2D eigenvalue weighted by molar-refractivity contribution is 6.31. The van der Waals surface area contributed by atoms with E-state index in [0.717, 1.165) is 19.3 Å². The third-order valence-corrected chi connectivity index (χ3v) is 4.17. The van der Waals surface area contributed by atoms with Gasteiger partial charge in [-0.3, -0.25) is 4.79 Å². The van der Waals surface area contributed by atoms with E-state index in [9.17, 15) is 4.79 Å². The van der Waals surface area contributed by atoms with Crippen molar-refractivity contribution in [1.82, 2.24) is 5.32 Å². The topological polar surface area (TPSA) is 76.7 Å². The van der Waals surface area contributed by atoms with Gasteiger partial charge in [0.25, 0.3) is 5.91 Å². The molecule has 5 nitrogen and oxygen atoms in total. The van der Waals surface area contributed by atoms with Crippen molar-refractivity contribution in [2.45, 2.75) is 38.6 Å². The normalized spacial score (nSPS) is 22.2. The highest BCUT2D eigenvalue weighted by Gasteiger charge is 2.22. The number of halogens is 1. The van der Waals surface area contributed by atoms with Crippen LogP contribution in [0.2, 0.25) is 5.02 Å². The van der Waals surface area contributed by atoms with Crippen LogP contribution < -0.4 is 11.1 Å². The van der Waals surface area contributed by atoms with Gasteiger partial charge in [-0.05, 0) is 30.9 Å². The zero-order chi connectivity index (χ0) is 15.9. The van der Waals surface area contributed by atoms with Gasteiger partial charge in [0.1, 0.15) is 0 Å². The molecule has 0 saturated heterocycles. The van der Waals surface area contributed by atoms with Crippen molar-refractivity contribution in [3.8, 4) is 0 Å². The molecule has 1 amide bonds. The van der Waals surface area contributed by atoms with Crippen molar-refractivity contribution >= 4 is 23.3 Å². The highest BCUT2D eigenvalue weighted by Crippen LogP contribution is 2.23. The summed E-state index contributed by atoms with van der Waals surface area (Å²) in [5.41, 5.74) is 6.45. The van der Waals surface area contributed by atoms with Gasteiger partial charge in [-0.15, -0.1) is 0 Å². The van der Waals surface area contributed by atoms with E-state index in [1.807, 2.05) is 0 Å². The van der Waals surface area contributed by atoms with E-state index < -0.39 is 0 Å². The lowest BCUT2D eigenvalue weighted by molar-refractivity contribution is -0.126. The summed E-state index contributed by atoms with van der Waals surface area (Å²) in [6.45, 7) is 2.03. The van der Waals surface area contributed by atoms with Crippen LogP contribution in [-0.2, 0) is 9.63 Å². The fraction of sp³-hybridized carbons (Fsp3) is 0.500. The predicted octanol–water partition coefficient (Wildman–Crippen LogP) is 2.67. The summed E-state index contributed by atoms with van der Waals surface area (Å²) in [7, 11) is 0. The van der Waals surface area contributed by atoms with Crippen LogP contribution >= 0.6 is 11.6 Å². The quantitative estimate of drug-likeness (QED) is 0.497. The Labute approximate surface area is 135 Å². The maximum atomic E-state index is 11.9. The van der Waals surface area contributed by atoms with Crippen LogP contribution in [0.3, 0.4) is 0 Å². The van der Waals surface area contributed by atoms with Crippen molar-refractivity contribution in [3.05, 3.63) is 34.9 Å². The van der Waals surface area contributed by atoms with Gasteiger partial charge in [-0.25, -0.2) is 0 Å². The Kier molecular flexibility index (Phi) is 6.07. The zero-order valence-corrected chi connectivity index (χ0v) is 13.5. The summed E-state index contributed by atoms with van der Waals surface area (Å²) in [6, 6.07) is 7.22. The zero-order valence-electron chi connectivity index (χ0n) is 12.7. The molecule has 120 valence electrons. The summed E-state index contributed by atoms with van der Waals surface area (Å²) in [6.07, 6.45) is 4.59. The van der Waals surface area contributed by atoms with Crippen molar-refractivity contribution < 1.29 is 9.63 Å². The van der Waals surface area contributed by atoms with Crippen LogP contribution in [0.4, 0.5) is 0 Å². The Morgan fingerprint density at radius 2 is 2.23 bits per heavy atom. The van der Waals surface area contributed by atoms with Crippen molar-refractivity contribution in [3.63, 3.8) is 0 Å². The molecule has 0 radical (unpaired) electrons. The van der Waals surface area contributed by atoms with Gasteiger partial charge in [-0.2, -0.15) is 0 Å². The van der Waals surface area contributed by atoms with E-state index in [1.54, 1.807) is 24.3 Å². The molecule has 6 heteroatoms. The number of amidine groups is 1. The molecule has 2 atom stereocenters. The van der Waals surface area contributed by atoms with Gasteiger partial charge in [0.2, 0.25) is 0 Å². The van der Waals surface area contributed by atoms with Crippen LogP contribution in [-0.4, -0.2) is 24.4 Å². The molecule has 0 spiro atoms. The number of carbonyl (C=O) groups is 1. The van der Waals surface area contributed by atoms with E-state index in [4.69, 9.17) is 22.2 Å². The van der Waals surface area contributed by atoms with Gasteiger partial charge in [0, 0.05) is 16.6 Å². The molecule has 3 N–H and O–H groups in total. The molecular formula is C16H22ClN3O2. The molecule has 0 aromatic heterocycles. The van der Waals surface area contributed by atoms with Crippen LogP contribution in [0.25, 0.3) is 0 Å². The Morgan fingerprint density at radius 3 is 2.95 bits per heavy atom. The summed E-state index contributed by atoms with van der Waals surface area (Å²) >= 11 is 5.88. The lowest BCUT2D eigenvalue weighted by Gasteiger charge is -2.29. The van der Waals surface area contributed by atoms with E-state index >= 15 is 0 Å². The minimum absolute atomic E-state index is 0.134. The second-order valence-electron chi connectivity index (χ2n) is 5.70. The van der Waals surface area contributed by atoms with Gasteiger partial charge in [-0.1, -0.05) is 48.7 Å². The molecule has 0 aliphatic heterocycles. The Morgan fingerprint density at radius 1 is 1.45 bits per heavy atom. The maximum Gasteiger partial charge on any atom is 0.261 e. The van der Waals surface area contributed by atoms with Crippen molar-refractivity contribution in [1.29, 1.82) is 0 Å². The molecule has 1 fully saturated rings. The number of amides is 1. The molecule has 22 heavy (non-hydrogen) atoms. The summed E-state index contributed by atoms with van der Waals surface area (Å²) in [4.78, 5) is 16.9. The number of nitrogens with two attached hydrogens (primary N) is 1. The molecule has 0 heterocycles. The smallest absolute Gasteiger partial charge is 0.261 e. The van der Waals surface area contributed by atoms with Gasteiger partial charge in [0.15, 0.2) is 12.4 Å². The molecule has 1 aliphatic carbocycles. The first kappa shape index (κ1) is 16.6. The fourth-order valence-electron chi connectivity index (χ4n) is 2.64. The van der Waals surface area contributed by atoms with Crippen molar-refractivity contribution in [2.75, 3.05) is 6.61 Å². The van der Waals surface area contributed by atoms with Crippen LogP contribution in [0.15, 0.2) is 29.4 Å². The number of rotatable bonds is 5. The number of hydrogen-bond donors (Lipinski definition) is 2. The summed E-state index contributed by atoms with van der Waals surface area (Å²) in [5.74, 6) is 0.542. The average Bonchev–Trinajstić information content (AvgIpc) is 2.49. The standard InChI is InChI=1S/C16H22ClN3O2/c1-11-5-2-3-8-14(11)19-15(21)10-22-20-16(18)12-6-4-7-13(17)9-12/h4,6-7,9,11,14H,2-3,5,8,10H2,1H3,(H2,18,20)(H,19,21). The molecule has 1 aliphatic rings. The number of nitrogens with one attached hydrogen (secondary N) is 1. The van der Waals surface area contributed by atoms with Gasteiger partial charge < -0.3 is 15.9 Å². The molecule has 2 rings (SSSR count). The van der Waals surface area contributed by atoms with Gasteiger partial charge >= 0.3 is 0 Å². The Bertz CT molecular complexity index is 548. The molecule has 2 unspecified atom stereocenters. The largest absolute Gasteiger partial charge is 0.384 e. The second kappa shape index (κ2) is 8.03. The van der Waals surface area contributed by atoms with Crippen LogP contribution in [0, 0.1) is 5.92 Å². The average molecular weight is 324 g/mol. The number of oxime groups is 1. The first-order valence-corrected chi connectivity index (χ1v) is 7.95. The Hall–Kier alpha value is -1.75. The highest BCUT2D eigenvalue weighted by atomic mass is 35.5. The third-order valence-electron chi connectivity index (χ3n) is 3.94. The van der Waals surface area contributed by atoms with E-state index in [0.29, 0.717) is 16.5 Å². The third kappa shape index (κ3) is 4.91. The first-order chi connectivity index (χ1) is 10.6. The first-order valence-electron chi connectivity index (χ1n) is 7.57. The number of benzene rings is 1. The number of nitrogens with zero attached hydrogens (tertiary/aromatic N) is 1. The lowest BCUT2D eigenvalue weighted by Crippen LogP contribution is -2.42. The number of carbonyl (C=O) groups excluding carboxylic acids is 1. The molecule has 1 saturated carbocycles. The van der Waals surface area contributed by atoms with E-state index in [2.05, 4.69) is 17.4 Å². The van der Waals surface area contributed by atoms with E-state index in [-0.39, 0.29) is 24.4 Å². The minimum Gasteiger partial charge on any atom is -0.384 e. The number of hydrogen-bond acceptors (Lipinski definition) is 3. The molecule has 0 bridgehead atoms. The van der Waals surface area contributed by atoms with Gasteiger partial charge in [0.05, 0.1) is 0 Å². The maximum absolute atomic E-state index is 11.9. The molecular weight excluding hydrogens is 302 g/mol.